The van der Waals surface area contributed by atoms with E-state index in [2.05, 4.69) is 22.2 Å². The summed E-state index contributed by atoms with van der Waals surface area (Å²) < 4.78 is 0. The van der Waals surface area contributed by atoms with Crippen molar-refractivity contribution < 1.29 is 9.90 Å². The van der Waals surface area contributed by atoms with Crippen LogP contribution >= 0.6 is 22.9 Å². The summed E-state index contributed by atoms with van der Waals surface area (Å²) in [5.74, 6) is 0.355. The Hall–Kier alpha value is -2.18. The Morgan fingerprint density at radius 3 is 3.04 bits per heavy atom. The zero-order valence-electron chi connectivity index (χ0n) is 13.5. The fourth-order valence-corrected chi connectivity index (χ4v) is 4.88. The molecular weight excluding hydrogens is 358 g/mol. The second-order valence-electron chi connectivity index (χ2n) is 6.38. The van der Waals surface area contributed by atoms with Crippen molar-refractivity contribution in [1.29, 1.82) is 0 Å². The number of carboxylic acids is 1. The summed E-state index contributed by atoms with van der Waals surface area (Å²) in [7, 11) is 0. The van der Waals surface area contributed by atoms with E-state index in [1.807, 2.05) is 6.07 Å². The van der Waals surface area contributed by atoms with Crippen LogP contribution in [0.15, 0.2) is 24.3 Å². The Balaban J connectivity index is 1.81. The number of hydrogen-bond acceptors (Lipinski definition) is 5. The maximum absolute atomic E-state index is 11.2. The fraction of sp³-hybridized carbons (Fsp3) is 0.278. The van der Waals surface area contributed by atoms with Crippen LogP contribution in [0.1, 0.15) is 34.1 Å². The Labute approximate surface area is 153 Å². The van der Waals surface area contributed by atoms with Gasteiger partial charge in [0.1, 0.15) is 10.6 Å². The molecule has 2 aromatic heterocycles. The number of aromatic nitrogens is 2. The van der Waals surface area contributed by atoms with Gasteiger partial charge in [0.2, 0.25) is 5.28 Å². The first-order chi connectivity index (χ1) is 12.0. The fourth-order valence-electron chi connectivity index (χ4n) is 3.27. The molecule has 1 aromatic carbocycles. The Morgan fingerprint density at radius 2 is 2.24 bits per heavy atom. The minimum atomic E-state index is -0.962. The molecule has 0 amide bonds. The lowest BCUT2D eigenvalue weighted by atomic mass is 9.89. The highest BCUT2D eigenvalue weighted by molar-refractivity contribution is 7.19. The van der Waals surface area contributed by atoms with Crippen molar-refractivity contribution in [3.63, 3.8) is 0 Å². The number of aryl methyl sites for hydroxylation is 1. The van der Waals surface area contributed by atoms with Gasteiger partial charge >= 0.3 is 5.97 Å². The smallest absolute Gasteiger partial charge is 0.335 e. The summed E-state index contributed by atoms with van der Waals surface area (Å²) in [5.41, 5.74) is 2.19. The largest absolute Gasteiger partial charge is 0.478 e. The lowest BCUT2D eigenvalue weighted by Crippen LogP contribution is -2.09. The number of fused-ring (bicyclic) bond motifs is 3. The number of rotatable bonds is 3. The highest BCUT2D eigenvalue weighted by Crippen LogP contribution is 2.41. The maximum atomic E-state index is 11.2. The molecule has 0 bridgehead atoms. The van der Waals surface area contributed by atoms with E-state index in [9.17, 15) is 4.79 Å². The van der Waals surface area contributed by atoms with Gasteiger partial charge in [0.25, 0.3) is 0 Å². The molecule has 3 aromatic rings. The van der Waals surface area contributed by atoms with Crippen LogP contribution in [-0.2, 0) is 12.8 Å². The van der Waals surface area contributed by atoms with E-state index in [4.69, 9.17) is 16.7 Å². The van der Waals surface area contributed by atoms with E-state index >= 15 is 0 Å². The normalized spacial score (nSPS) is 16.6. The third-order valence-corrected chi connectivity index (χ3v) is 5.82. The highest BCUT2D eigenvalue weighted by atomic mass is 35.5. The molecule has 0 spiro atoms. The van der Waals surface area contributed by atoms with Gasteiger partial charge in [0.15, 0.2) is 0 Å². The molecule has 4 rings (SSSR count). The van der Waals surface area contributed by atoms with Gasteiger partial charge in [0.05, 0.1) is 10.9 Å². The molecule has 128 valence electrons. The number of nitrogens with zero attached hydrogens (tertiary/aromatic N) is 2. The van der Waals surface area contributed by atoms with Gasteiger partial charge in [-0.2, -0.15) is 4.98 Å². The second kappa shape index (κ2) is 6.28. The van der Waals surface area contributed by atoms with Gasteiger partial charge in [-0.25, -0.2) is 9.78 Å². The summed E-state index contributed by atoms with van der Waals surface area (Å²) in [5, 5.41) is 13.6. The van der Waals surface area contributed by atoms with E-state index in [1.54, 1.807) is 29.5 Å². The van der Waals surface area contributed by atoms with Gasteiger partial charge in [-0.1, -0.05) is 13.0 Å². The van der Waals surface area contributed by atoms with Crippen molar-refractivity contribution in [3.05, 3.63) is 45.6 Å². The molecular formula is C18H16ClN3O2S. The molecule has 25 heavy (non-hydrogen) atoms. The van der Waals surface area contributed by atoms with Crippen LogP contribution in [0.5, 0.6) is 0 Å². The van der Waals surface area contributed by atoms with Crippen LogP contribution in [0.25, 0.3) is 10.2 Å². The molecule has 0 saturated carbocycles. The average Bonchev–Trinajstić information content (AvgIpc) is 2.92. The summed E-state index contributed by atoms with van der Waals surface area (Å²) in [6, 6.07) is 6.67. The van der Waals surface area contributed by atoms with Crippen LogP contribution in [-0.4, -0.2) is 21.0 Å². The zero-order valence-corrected chi connectivity index (χ0v) is 15.1. The van der Waals surface area contributed by atoms with Gasteiger partial charge in [-0.05, 0) is 60.5 Å². The van der Waals surface area contributed by atoms with Crippen molar-refractivity contribution in [2.75, 3.05) is 5.32 Å². The van der Waals surface area contributed by atoms with E-state index in [0.29, 0.717) is 17.4 Å². The molecule has 0 fully saturated rings. The number of anilines is 2. The second-order valence-corrected chi connectivity index (χ2v) is 7.81. The van der Waals surface area contributed by atoms with Crippen LogP contribution in [0.2, 0.25) is 5.28 Å². The Kier molecular flexibility index (Phi) is 4.09. The van der Waals surface area contributed by atoms with Crippen LogP contribution in [0.3, 0.4) is 0 Å². The molecule has 1 aliphatic rings. The molecule has 1 unspecified atom stereocenters. The quantitative estimate of drug-likeness (QED) is 0.638. The van der Waals surface area contributed by atoms with Gasteiger partial charge < -0.3 is 10.4 Å². The van der Waals surface area contributed by atoms with Crippen molar-refractivity contribution in [3.8, 4) is 0 Å². The van der Waals surface area contributed by atoms with E-state index in [0.717, 1.165) is 29.5 Å². The minimum absolute atomic E-state index is 0.191. The van der Waals surface area contributed by atoms with E-state index in [1.165, 1.54) is 10.4 Å². The Bertz CT molecular complexity index is 986. The number of carbonyl (C=O) groups is 1. The average molecular weight is 374 g/mol. The molecule has 2 N–H and O–H groups in total. The maximum Gasteiger partial charge on any atom is 0.335 e. The summed E-state index contributed by atoms with van der Waals surface area (Å²) in [6.45, 7) is 2.27. The van der Waals surface area contributed by atoms with Crippen LogP contribution in [0.4, 0.5) is 11.5 Å². The predicted molar refractivity (Wildman–Crippen MR) is 100 cm³/mol. The van der Waals surface area contributed by atoms with Gasteiger partial charge in [-0.3, -0.25) is 0 Å². The third kappa shape index (κ3) is 3.07. The SMILES string of the molecule is CC1CCc2c(sc3nc(Cl)nc(Nc4cccc(C(=O)O)c4)c23)C1. The first-order valence-electron chi connectivity index (χ1n) is 8.09. The molecule has 0 radical (unpaired) electrons. The number of benzene rings is 1. The Morgan fingerprint density at radius 1 is 1.40 bits per heavy atom. The van der Waals surface area contributed by atoms with E-state index < -0.39 is 5.97 Å². The lowest BCUT2D eigenvalue weighted by Gasteiger charge is -2.18. The van der Waals surface area contributed by atoms with Crippen LogP contribution in [0, 0.1) is 5.92 Å². The van der Waals surface area contributed by atoms with Crippen molar-refractivity contribution in [1.82, 2.24) is 9.97 Å². The van der Waals surface area contributed by atoms with Crippen molar-refractivity contribution >= 4 is 50.6 Å². The lowest BCUT2D eigenvalue weighted by molar-refractivity contribution is 0.0697. The number of aromatic carboxylic acids is 1. The molecule has 1 atom stereocenters. The zero-order chi connectivity index (χ0) is 17.6. The third-order valence-electron chi connectivity index (χ3n) is 4.50. The molecule has 0 saturated heterocycles. The number of carboxylic acid groups (broad SMARTS) is 1. The molecule has 1 aliphatic carbocycles. The number of hydrogen-bond donors (Lipinski definition) is 2. The van der Waals surface area contributed by atoms with Gasteiger partial charge in [0, 0.05) is 10.6 Å². The minimum Gasteiger partial charge on any atom is -0.478 e. The summed E-state index contributed by atoms with van der Waals surface area (Å²) in [6.07, 6.45) is 3.21. The number of nitrogens with one attached hydrogen (secondary N) is 1. The molecule has 2 heterocycles. The first-order valence-corrected chi connectivity index (χ1v) is 9.29. The summed E-state index contributed by atoms with van der Waals surface area (Å²) in [4.78, 5) is 22.2. The molecule has 7 heteroatoms. The standard InChI is InChI=1S/C18H16ClN3O2S/c1-9-5-6-12-13(7-9)25-16-14(12)15(21-18(19)22-16)20-11-4-2-3-10(8-11)17(23)24/h2-4,8-9H,5-7H2,1H3,(H,23,24)(H,20,21,22). The van der Waals surface area contributed by atoms with Gasteiger partial charge in [-0.15, -0.1) is 11.3 Å². The number of halogens is 1. The van der Waals surface area contributed by atoms with E-state index in [-0.39, 0.29) is 10.8 Å². The first kappa shape index (κ1) is 16.3. The topological polar surface area (TPSA) is 75.1 Å². The predicted octanol–water partition coefficient (Wildman–Crippen LogP) is 4.91. The monoisotopic (exact) mass is 373 g/mol. The molecule has 5 nitrogen and oxygen atoms in total. The number of thiophene rings is 1. The molecule has 0 aliphatic heterocycles. The van der Waals surface area contributed by atoms with Crippen molar-refractivity contribution in [2.45, 2.75) is 26.2 Å². The van der Waals surface area contributed by atoms with Crippen molar-refractivity contribution in [2.24, 2.45) is 5.92 Å². The van der Waals surface area contributed by atoms with Crippen LogP contribution < -0.4 is 5.32 Å². The highest BCUT2D eigenvalue weighted by Gasteiger charge is 2.24. The summed E-state index contributed by atoms with van der Waals surface area (Å²) >= 11 is 7.80.